The Labute approximate surface area is 638 Å². The van der Waals surface area contributed by atoms with Gasteiger partial charge < -0.3 is 33.8 Å². The molecule has 2 unspecified atom stereocenters. The van der Waals surface area contributed by atoms with Gasteiger partial charge in [-0.2, -0.15) is 0 Å². The highest BCUT2D eigenvalue weighted by molar-refractivity contribution is 7.47. The summed E-state index contributed by atoms with van der Waals surface area (Å²) in [6.45, 7) is 7.38. The first kappa shape index (κ1) is 102. The minimum atomic E-state index is -4.96. The molecule has 0 heterocycles. The van der Waals surface area contributed by atoms with Crippen LogP contribution in [-0.2, 0) is 65.4 Å². The quantitative estimate of drug-likeness (QED) is 0.0222. The Balaban J connectivity index is 5.23. The maximum atomic E-state index is 13.1. The highest BCUT2D eigenvalue weighted by Crippen LogP contribution is 2.45. The van der Waals surface area contributed by atoms with Crippen LogP contribution < -0.4 is 0 Å². The molecule has 5 atom stereocenters. The van der Waals surface area contributed by atoms with E-state index in [9.17, 15) is 43.2 Å². The fourth-order valence-electron chi connectivity index (χ4n) is 13.3. The van der Waals surface area contributed by atoms with Crippen molar-refractivity contribution in [3.05, 3.63) is 0 Å². The molecule has 0 fully saturated rings. The van der Waals surface area contributed by atoms with E-state index in [1.807, 2.05) is 0 Å². The summed E-state index contributed by atoms with van der Waals surface area (Å²) in [4.78, 5) is 73.2. The molecule has 0 bridgehead atoms. The van der Waals surface area contributed by atoms with Crippen molar-refractivity contribution in [1.82, 2.24) is 0 Å². The number of phosphoric acid groups is 2. The number of hydrogen-bond donors (Lipinski definition) is 3. The van der Waals surface area contributed by atoms with Crippen molar-refractivity contribution in [1.29, 1.82) is 0 Å². The van der Waals surface area contributed by atoms with Crippen molar-refractivity contribution >= 4 is 39.5 Å². The van der Waals surface area contributed by atoms with Crippen LogP contribution in [0.25, 0.3) is 0 Å². The maximum absolute atomic E-state index is 13.1. The standard InChI is InChI=1S/C85H166O17P2/c1-6-9-12-15-18-21-24-26-28-30-31-33-37-42-46-51-56-61-66-71-85(90)102-81(75-96-83(88)69-64-59-54-49-44-40-38-34-35-39-43-47-52-57-62-67-78(4)5)77-100-104(93,94)98-73-79(86)72-97-103(91,92)99-76-80(74-95-82(87)68-63-58-53-48-23-20-17-14-11-8-3)101-84(89)70-65-60-55-50-45-41-36-32-29-27-25-22-19-16-13-10-7-2/h78-81,86H,6-77H2,1-5H3,(H,91,92)(H,93,94)/t79-,80+,81+/m0/s1. The fraction of sp³-hybridized carbons (Fsp3) is 0.953. The number of aliphatic hydroxyl groups excluding tert-OH is 1. The Morgan fingerprint density at radius 3 is 0.654 bits per heavy atom. The largest absolute Gasteiger partial charge is 0.472 e. The number of aliphatic hydroxyl groups is 1. The lowest BCUT2D eigenvalue weighted by atomic mass is 10.0. The summed E-state index contributed by atoms with van der Waals surface area (Å²) in [6.07, 6.45) is 70.7. The molecule has 0 aliphatic rings. The molecule has 0 saturated heterocycles. The molecular formula is C85H166O17P2. The number of esters is 4. The first-order valence-corrected chi connectivity index (χ1v) is 47.1. The van der Waals surface area contributed by atoms with Crippen molar-refractivity contribution < 1.29 is 80.2 Å². The fourth-order valence-corrected chi connectivity index (χ4v) is 14.9. The van der Waals surface area contributed by atoms with Crippen LogP contribution in [0.1, 0.15) is 458 Å². The first-order chi connectivity index (χ1) is 50.5. The topological polar surface area (TPSA) is 237 Å². The number of carbonyl (C=O) groups is 4. The Kier molecular flexibility index (Phi) is 76.3. The van der Waals surface area contributed by atoms with Gasteiger partial charge in [0, 0.05) is 25.7 Å². The van der Waals surface area contributed by atoms with Gasteiger partial charge in [-0.1, -0.05) is 407 Å². The third-order valence-electron chi connectivity index (χ3n) is 20.0. The van der Waals surface area contributed by atoms with E-state index in [0.29, 0.717) is 25.7 Å². The highest BCUT2D eigenvalue weighted by atomic mass is 31.2. The molecule has 0 aromatic rings. The normalized spacial score (nSPS) is 13.8. The number of unbranched alkanes of at least 4 members (excludes halogenated alkanes) is 57. The molecule has 3 N–H and O–H groups in total. The van der Waals surface area contributed by atoms with Gasteiger partial charge in [-0.15, -0.1) is 0 Å². The van der Waals surface area contributed by atoms with Crippen LogP contribution in [0.5, 0.6) is 0 Å². The SMILES string of the molecule is CCCCCCCCCCCCCCCCCCCCCC(=O)O[C@H](COC(=O)CCCCCCCCCCCCCCCCCC(C)C)COP(=O)(O)OC[C@@H](O)COP(=O)(O)OC[C@@H](COC(=O)CCCCCCCCCCCC)OC(=O)CCCCCCCCCCCCCCCCCCC. The molecule has 0 rings (SSSR count). The third-order valence-corrected chi connectivity index (χ3v) is 21.9. The Hall–Kier alpha value is -1.94. The van der Waals surface area contributed by atoms with Gasteiger partial charge in [-0.25, -0.2) is 9.13 Å². The predicted molar refractivity (Wildman–Crippen MR) is 428 cm³/mol. The molecule has 0 aromatic carbocycles. The molecule has 0 spiro atoms. The zero-order valence-electron chi connectivity index (χ0n) is 68.2. The number of rotatable bonds is 85. The van der Waals surface area contributed by atoms with E-state index < -0.39 is 97.5 Å². The molecule has 0 aliphatic heterocycles. The van der Waals surface area contributed by atoms with Crippen molar-refractivity contribution in [2.24, 2.45) is 5.92 Å². The van der Waals surface area contributed by atoms with Gasteiger partial charge in [0.15, 0.2) is 12.2 Å². The van der Waals surface area contributed by atoms with Crippen LogP contribution in [0.15, 0.2) is 0 Å². The van der Waals surface area contributed by atoms with E-state index >= 15 is 0 Å². The predicted octanol–water partition coefficient (Wildman–Crippen LogP) is 26.0. The molecule has 0 aromatic heterocycles. The molecule has 0 radical (unpaired) electrons. The molecule has 19 heteroatoms. The molecule has 17 nitrogen and oxygen atoms in total. The molecule has 0 aliphatic carbocycles. The van der Waals surface area contributed by atoms with Gasteiger partial charge >= 0.3 is 39.5 Å². The van der Waals surface area contributed by atoms with Gasteiger partial charge in [0.05, 0.1) is 26.4 Å². The van der Waals surface area contributed by atoms with E-state index in [1.54, 1.807) is 0 Å². The van der Waals surface area contributed by atoms with Crippen LogP contribution in [0.3, 0.4) is 0 Å². The summed E-state index contributed by atoms with van der Waals surface area (Å²) >= 11 is 0. The van der Waals surface area contributed by atoms with Crippen LogP contribution in [0.4, 0.5) is 0 Å². The molecule has 0 saturated carbocycles. The lowest BCUT2D eigenvalue weighted by Gasteiger charge is -2.21. The second-order valence-electron chi connectivity index (χ2n) is 31.1. The van der Waals surface area contributed by atoms with Gasteiger partial charge in [-0.3, -0.25) is 37.3 Å². The Morgan fingerprint density at radius 2 is 0.442 bits per heavy atom. The summed E-state index contributed by atoms with van der Waals surface area (Å²) in [5.41, 5.74) is 0. The van der Waals surface area contributed by atoms with Gasteiger partial charge in [-0.05, 0) is 31.6 Å². The average molecular weight is 1520 g/mol. The highest BCUT2D eigenvalue weighted by Gasteiger charge is 2.30. The van der Waals surface area contributed by atoms with E-state index in [4.69, 9.17) is 37.0 Å². The van der Waals surface area contributed by atoms with E-state index in [-0.39, 0.29) is 25.7 Å². The van der Waals surface area contributed by atoms with Crippen LogP contribution in [0, 0.1) is 5.92 Å². The van der Waals surface area contributed by atoms with E-state index in [0.717, 1.165) is 95.8 Å². The summed E-state index contributed by atoms with van der Waals surface area (Å²) in [7, 11) is -9.92. The number of hydrogen-bond acceptors (Lipinski definition) is 15. The molecule has 618 valence electrons. The number of phosphoric ester groups is 2. The Bertz CT molecular complexity index is 1980. The lowest BCUT2D eigenvalue weighted by Crippen LogP contribution is -2.30. The van der Waals surface area contributed by atoms with Crippen molar-refractivity contribution in [2.45, 2.75) is 477 Å². The van der Waals surface area contributed by atoms with Crippen molar-refractivity contribution in [2.75, 3.05) is 39.6 Å². The summed E-state index contributed by atoms with van der Waals surface area (Å²) in [6, 6.07) is 0. The first-order valence-electron chi connectivity index (χ1n) is 44.1. The van der Waals surface area contributed by atoms with Crippen molar-refractivity contribution in [3.8, 4) is 0 Å². The smallest absolute Gasteiger partial charge is 0.462 e. The second-order valence-corrected chi connectivity index (χ2v) is 34.0. The van der Waals surface area contributed by atoms with E-state index in [1.165, 1.54) is 283 Å². The second kappa shape index (κ2) is 77.8. The monoisotopic (exact) mass is 1520 g/mol. The zero-order chi connectivity index (χ0) is 76.2. The minimum Gasteiger partial charge on any atom is -0.462 e. The van der Waals surface area contributed by atoms with E-state index in [2.05, 4.69) is 34.6 Å². The third kappa shape index (κ3) is 78.2. The average Bonchev–Trinajstić information content (AvgIpc) is 0.904. The number of carbonyl (C=O) groups excluding carboxylic acids is 4. The molecule has 104 heavy (non-hydrogen) atoms. The molecule has 0 amide bonds. The summed E-state index contributed by atoms with van der Waals surface area (Å²) in [5.74, 6) is -1.29. The van der Waals surface area contributed by atoms with Gasteiger partial charge in [0.1, 0.15) is 19.3 Å². The van der Waals surface area contributed by atoms with Crippen LogP contribution in [-0.4, -0.2) is 96.7 Å². The summed E-state index contributed by atoms with van der Waals surface area (Å²) in [5, 5.41) is 10.7. The number of ether oxygens (including phenoxy) is 4. The minimum absolute atomic E-state index is 0.109. The Morgan fingerprint density at radius 1 is 0.260 bits per heavy atom. The summed E-state index contributed by atoms with van der Waals surface area (Å²) < 4.78 is 68.9. The molecular weight excluding hydrogens is 1350 g/mol. The zero-order valence-corrected chi connectivity index (χ0v) is 70.0. The van der Waals surface area contributed by atoms with Crippen molar-refractivity contribution in [3.63, 3.8) is 0 Å². The van der Waals surface area contributed by atoms with Gasteiger partial charge in [0.25, 0.3) is 0 Å². The van der Waals surface area contributed by atoms with Crippen LogP contribution in [0.2, 0.25) is 0 Å². The maximum Gasteiger partial charge on any atom is 0.472 e. The van der Waals surface area contributed by atoms with Gasteiger partial charge in [0.2, 0.25) is 0 Å². The lowest BCUT2D eigenvalue weighted by molar-refractivity contribution is -0.161. The van der Waals surface area contributed by atoms with Crippen LogP contribution >= 0.6 is 15.6 Å².